The molecule has 1 atom stereocenters. The number of carbonyl (C=O) groups is 2. The van der Waals surface area contributed by atoms with Crippen molar-refractivity contribution >= 4 is 11.8 Å². The Bertz CT molecular complexity index is 218. The van der Waals surface area contributed by atoms with Crippen LogP contribution in [0.3, 0.4) is 0 Å². The summed E-state index contributed by atoms with van der Waals surface area (Å²) in [5.41, 5.74) is 0.372. The molecule has 0 spiro atoms. The summed E-state index contributed by atoms with van der Waals surface area (Å²) in [6.45, 7) is 8.32. The van der Waals surface area contributed by atoms with E-state index in [1.807, 2.05) is 6.92 Å². The second kappa shape index (κ2) is 5.51. The van der Waals surface area contributed by atoms with Crippen molar-refractivity contribution in [2.75, 3.05) is 0 Å². The molecule has 0 aliphatic heterocycles. The minimum absolute atomic E-state index is 0.125. The molecule has 0 fully saturated rings. The number of hydrogen-bond acceptors (Lipinski definition) is 3. The van der Waals surface area contributed by atoms with E-state index in [-0.39, 0.29) is 11.8 Å². The van der Waals surface area contributed by atoms with E-state index in [1.54, 1.807) is 0 Å². The van der Waals surface area contributed by atoms with Gasteiger partial charge in [0.1, 0.15) is 6.10 Å². The van der Waals surface area contributed by atoms with Gasteiger partial charge in [-0.05, 0) is 13.3 Å². The highest BCUT2D eigenvalue weighted by Crippen LogP contribution is 2.12. The van der Waals surface area contributed by atoms with Gasteiger partial charge in [-0.3, -0.25) is 9.59 Å². The third-order valence-corrected chi connectivity index (χ3v) is 1.70. The molecule has 0 radical (unpaired) electrons. The summed E-state index contributed by atoms with van der Waals surface area (Å²) in [4.78, 5) is 21.6. The number of carbonyl (C=O) groups excluding carboxylic acids is 2. The van der Waals surface area contributed by atoms with Crippen LogP contribution in [0.1, 0.15) is 33.6 Å². The Labute approximate surface area is 78.8 Å². The van der Waals surface area contributed by atoms with Crippen LogP contribution in [0.2, 0.25) is 0 Å². The lowest BCUT2D eigenvalue weighted by Gasteiger charge is -2.16. The fourth-order valence-corrected chi connectivity index (χ4v) is 0.994. The summed E-state index contributed by atoms with van der Waals surface area (Å²) >= 11 is 0. The molecule has 0 bridgehead atoms. The van der Waals surface area contributed by atoms with Crippen molar-refractivity contribution in [1.82, 2.24) is 0 Å². The van der Waals surface area contributed by atoms with Crippen LogP contribution in [-0.2, 0) is 14.3 Å². The van der Waals surface area contributed by atoms with Crippen LogP contribution in [0, 0.1) is 0 Å². The highest BCUT2D eigenvalue weighted by molar-refractivity contribution is 5.93. The Morgan fingerprint density at radius 3 is 2.23 bits per heavy atom. The van der Waals surface area contributed by atoms with Gasteiger partial charge in [-0.15, -0.1) is 0 Å². The predicted octanol–water partition coefficient (Wildman–Crippen LogP) is 1.86. The fourth-order valence-electron chi connectivity index (χ4n) is 0.994. The molecule has 13 heavy (non-hydrogen) atoms. The minimum Gasteiger partial charge on any atom is -0.458 e. The van der Waals surface area contributed by atoms with Gasteiger partial charge in [0, 0.05) is 12.5 Å². The SMILES string of the molecule is C=C(C(C)=O)[C@@H](CCC)OC(C)=O. The molecule has 0 rings (SSSR count). The molecule has 74 valence electrons. The highest BCUT2D eigenvalue weighted by Gasteiger charge is 2.17. The van der Waals surface area contributed by atoms with Gasteiger partial charge in [-0.2, -0.15) is 0 Å². The summed E-state index contributed by atoms with van der Waals surface area (Å²) in [5, 5.41) is 0. The van der Waals surface area contributed by atoms with Crippen molar-refractivity contribution in [3.05, 3.63) is 12.2 Å². The van der Waals surface area contributed by atoms with Gasteiger partial charge in [0.05, 0.1) is 0 Å². The lowest BCUT2D eigenvalue weighted by atomic mass is 10.0. The maximum Gasteiger partial charge on any atom is 0.303 e. The normalized spacial score (nSPS) is 11.9. The number of rotatable bonds is 5. The second-order valence-corrected chi connectivity index (χ2v) is 2.97. The van der Waals surface area contributed by atoms with Crippen molar-refractivity contribution in [2.45, 2.75) is 39.7 Å². The molecule has 0 N–H and O–H groups in total. The summed E-state index contributed by atoms with van der Waals surface area (Å²) in [6.07, 6.45) is 1.06. The molecule has 0 amide bonds. The first-order valence-electron chi connectivity index (χ1n) is 4.36. The average molecular weight is 184 g/mol. The highest BCUT2D eigenvalue weighted by atomic mass is 16.5. The predicted molar refractivity (Wildman–Crippen MR) is 50.3 cm³/mol. The molecule has 0 aliphatic rings. The molecule has 0 aromatic carbocycles. The maximum absolute atomic E-state index is 11.0. The zero-order valence-electron chi connectivity index (χ0n) is 8.42. The molecule has 0 aromatic heterocycles. The van der Waals surface area contributed by atoms with Gasteiger partial charge in [-0.1, -0.05) is 19.9 Å². The first kappa shape index (κ1) is 11.9. The largest absolute Gasteiger partial charge is 0.458 e. The third kappa shape index (κ3) is 4.45. The van der Waals surface area contributed by atoms with E-state index in [4.69, 9.17) is 4.74 Å². The molecule has 3 heteroatoms. The van der Waals surface area contributed by atoms with Crippen molar-refractivity contribution in [2.24, 2.45) is 0 Å². The maximum atomic E-state index is 11.0. The Hall–Kier alpha value is -1.12. The molecule has 0 saturated heterocycles. The van der Waals surface area contributed by atoms with Crippen molar-refractivity contribution in [3.8, 4) is 0 Å². The van der Waals surface area contributed by atoms with E-state index in [0.717, 1.165) is 6.42 Å². The van der Waals surface area contributed by atoms with E-state index in [2.05, 4.69) is 6.58 Å². The molecule has 0 heterocycles. The molecule has 0 unspecified atom stereocenters. The lowest BCUT2D eigenvalue weighted by Crippen LogP contribution is -2.21. The smallest absolute Gasteiger partial charge is 0.303 e. The third-order valence-electron chi connectivity index (χ3n) is 1.70. The Morgan fingerprint density at radius 2 is 1.92 bits per heavy atom. The van der Waals surface area contributed by atoms with Crippen LogP contribution in [0.5, 0.6) is 0 Å². The van der Waals surface area contributed by atoms with E-state index >= 15 is 0 Å². The van der Waals surface area contributed by atoms with E-state index < -0.39 is 6.10 Å². The number of hydrogen-bond donors (Lipinski definition) is 0. The summed E-state index contributed by atoms with van der Waals surface area (Å²) < 4.78 is 4.95. The van der Waals surface area contributed by atoms with Gasteiger partial charge in [0.15, 0.2) is 5.78 Å². The number of ether oxygens (including phenoxy) is 1. The fraction of sp³-hybridized carbons (Fsp3) is 0.600. The van der Waals surface area contributed by atoms with Gasteiger partial charge < -0.3 is 4.74 Å². The van der Waals surface area contributed by atoms with Crippen LogP contribution >= 0.6 is 0 Å². The summed E-state index contributed by atoms with van der Waals surface area (Å²) in [7, 11) is 0. The van der Waals surface area contributed by atoms with E-state index in [9.17, 15) is 9.59 Å². The topological polar surface area (TPSA) is 43.4 Å². The quantitative estimate of drug-likeness (QED) is 0.484. The van der Waals surface area contributed by atoms with E-state index in [0.29, 0.717) is 12.0 Å². The zero-order valence-corrected chi connectivity index (χ0v) is 8.42. The van der Waals surface area contributed by atoms with Crippen molar-refractivity contribution < 1.29 is 14.3 Å². The van der Waals surface area contributed by atoms with Crippen LogP contribution < -0.4 is 0 Å². The molecule has 0 aromatic rings. The second-order valence-electron chi connectivity index (χ2n) is 2.97. The number of esters is 1. The first-order chi connectivity index (χ1) is 5.99. The van der Waals surface area contributed by atoms with Crippen LogP contribution in [0.15, 0.2) is 12.2 Å². The first-order valence-corrected chi connectivity index (χ1v) is 4.36. The van der Waals surface area contributed by atoms with Gasteiger partial charge >= 0.3 is 5.97 Å². The molecular formula is C10H16O3. The summed E-state index contributed by atoms with van der Waals surface area (Å²) in [5.74, 6) is -0.499. The van der Waals surface area contributed by atoms with Crippen LogP contribution in [0.4, 0.5) is 0 Å². The minimum atomic E-state index is -0.444. The molecule has 3 nitrogen and oxygen atoms in total. The van der Waals surface area contributed by atoms with Gasteiger partial charge in [-0.25, -0.2) is 0 Å². The summed E-state index contributed by atoms with van der Waals surface area (Å²) in [6, 6.07) is 0. The Balaban J connectivity index is 4.31. The zero-order chi connectivity index (χ0) is 10.4. The standard InChI is InChI=1S/C10H16O3/c1-5-6-10(13-9(4)12)7(2)8(3)11/h10H,2,5-6H2,1,3-4H3/t10-/m1/s1. The average Bonchev–Trinajstić information content (AvgIpc) is 2.01. The van der Waals surface area contributed by atoms with Gasteiger partial charge in [0.2, 0.25) is 0 Å². The lowest BCUT2D eigenvalue weighted by molar-refractivity contribution is -0.145. The number of Topliss-reactive ketones (excluding diaryl/α,β-unsaturated/α-hetero) is 1. The number of ketones is 1. The Morgan fingerprint density at radius 1 is 1.38 bits per heavy atom. The van der Waals surface area contributed by atoms with E-state index in [1.165, 1.54) is 13.8 Å². The molecule has 0 aliphatic carbocycles. The van der Waals surface area contributed by atoms with Crippen molar-refractivity contribution in [1.29, 1.82) is 0 Å². The van der Waals surface area contributed by atoms with Crippen molar-refractivity contribution in [3.63, 3.8) is 0 Å². The Kier molecular flexibility index (Phi) is 5.04. The van der Waals surface area contributed by atoms with Crippen LogP contribution in [-0.4, -0.2) is 17.9 Å². The van der Waals surface area contributed by atoms with Crippen LogP contribution in [0.25, 0.3) is 0 Å². The molecule has 0 saturated carbocycles. The molecular weight excluding hydrogens is 168 g/mol. The monoisotopic (exact) mass is 184 g/mol. The van der Waals surface area contributed by atoms with Gasteiger partial charge in [0.25, 0.3) is 0 Å².